The van der Waals surface area contributed by atoms with Gasteiger partial charge in [0.2, 0.25) is 0 Å². The molecule has 5 nitrogen and oxygen atoms in total. The number of nitrogens with one attached hydrogen (secondary N) is 1. The molecule has 0 spiro atoms. The number of amides is 3. The number of aryl methyl sites for hydroxylation is 2. The zero-order valence-corrected chi connectivity index (χ0v) is 14.5. The Bertz CT molecular complexity index is 871. The Hall–Kier alpha value is -3.08. The Labute approximate surface area is 146 Å². The molecule has 0 aliphatic carbocycles. The van der Waals surface area contributed by atoms with E-state index in [0.717, 1.165) is 28.0 Å². The number of carbonyl (C=O) groups excluding carboxylic acids is 2. The van der Waals surface area contributed by atoms with Crippen LogP contribution in [0.1, 0.15) is 22.3 Å². The third-order valence-corrected chi connectivity index (χ3v) is 4.16. The Morgan fingerprint density at radius 3 is 2.60 bits per heavy atom. The van der Waals surface area contributed by atoms with E-state index >= 15 is 0 Å². The first-order valence-corrected chi connectivity index (χ1v) is 8.02. The van der Waals surface area contributed by atoms with Crippen LogP contribution in [0.4, 0.5) is 4.79 Å². The van der Waals surface area contributed by atoms with Crippen molar-refractivity contribution in [1.82, 2.24) is 10.2 Å². The summed E-state index contributed by atoms with van der Waals surface area (Å²) in [7, 11) is 1.61. The second kappa shape index (κ2) is 6.81. The maximum Gasteiger partial charge on any atom is 0.329 e. The highest BCUT2D eigenvalue weighted by atomic mass is 16.5. The fourth-order valence-electron chi connectivity index (χ4n) is 2.80. The number of urea groups is 1. The summed E-state index contributed by atoms with van der Waals surface area (Å²) in [5.41, 5.74) is 4.12. The largest absolute Gasteiger partial charge is 0.497 e. The van der Waals surface area contributed by atoms with Gasteiger partial charge in [0.15, 0.2) is 0 Å². The van der Waals surface area contributed by atoms with Crippen LogP contribution in [0.15, 0.2) is 48.2 Å². The van der Waals surface area contributed by atoms with Crippen LogP contribution in [-0.2, 0) is 11.3 Å². The van der Waals surface area contributed by atoms with E-state index in [1.165, 1.54) is 4.90 Å². The summed E-state index contributed by atoms with van der Waals surface area (Å²) in [5.74, 6) is 0.434. The number of ether oxygens (including phenoxy) is 1. The van der Waals surface area contributed by atoms with Crippen molar-refractivity contribution in [3.63, 3.8) is 0 Å². The lowest BCUT2D eigenvalue weighted by atomic mass is 10.1. The third-order valence-electron chi connectivity index (χ3n) is 4.16. The molecular formula is C20H20N2O3. The maximum absolute atomic E-state index is 12.6. The van der Waals surface area contributed by atoms with Gasteiger partial charge in [-0.15, -0.1) is 0 Å². The highest BCUT2D eigenvalue weighted by Crippen LogP contribution is 2.22. The molecule has 1 aliphatic rings. The lowest BCUT2D eigenvalue weighted by Crippen LogP contribution is -2.30. The average molecular weight is 336 g/mol. The van der Waals surface area contributed by atoms with Gasteiger partial charge in [-0.3, -0.25) is 9.69 Å². The molecule has 0 unspecified atom stereocenters. The molecule has 3 amide bonds. The zero-order chi connectivity index (χ0) is 18.0. The van der Waals surface area contributed by atoms with E-state index in [1.807, 2.05) is 56.3 Å². The molecular weight excluding hydrogens is 316 g/mol. The number of nitrogens with zero attached hydrogens (tertiary/aromatic N) is 1. The van der Waals surface area contributed by atoms with E-state index < -0.39 is 6.03 Å². The number of methoxy groups -OCH3 is 1. The quantitative estimate of drug-likeness (QED) is 0.688. The molecule has 0 saturated carbocycles. The molecule has 5 heteroatoms. The van der Waals surface area contributed by atoms with Crippen LogP contribution in [0, 0.1) is 13.8 Å². The van der Waals surface area contributed by atoms with Crippen molar-refractivity contribution in [3.8, 4) is 5.75 Å². The Balaban J connectivity index is 1.83. The first-order valence-electron chi connectivity index (χ1n) is 8.02. The van der Waals surface area contributed by atoms with Crippen LogP contribution in [0.25, 0.3) is 6.08 Å². The van der Waals surface area contributed by atoms with E-state index in [-0.39, 0.29) is 18.1 Å². The molecule has 1 fully saturated rings. The monoisotopic (exact) mass is 336 g/mol. The minimum Gasteiger partial charge on any atom is -0.497 e. The molecule has 0 bridgehead atoms. The van der Waals surface area contributed by atoms with Crippen LogP contribution in [0.2, 0.25) is 0 Å². The molecule has 2 aromatic carbocycles. The van der Waals surface area contributed by atoms with Gasteiger partial charge in [-0.1, -0.05) is 35.9 Å². The normalized spacial score (nSPS) is 15.6. The second-order valence-electron chi connectivity index (χ2n) is 6.09. The molecule has 25 heavy (non-hydrogen) atoms. The SMILES string of the molecule is COc1ccc(/C=C2/NC(=O)N(Cc3cccc(C)c3)C2=O)c(C)c1. The second-order valence-corrected chi connectivity index (χ2v) is 6.09. The molecule has 3 rings (SSSR count). The molecule has 1 saturated heterocycles. The standard InChI is InChI=1S/C20H20N2O3/c1-13-5-4-6-15(9-13)12-22-19(23)18(21-20(22)24)11-16-7-8-17(25-3)10-14(16)2/h4-11H,12H2,1-3H3,(H,21,24)/b18-11+. The van der Waals surface area contributed by atoms with Gasteiger partial charge in [-0.05, 0) is 48.7 Å². The first-order chi connectivity index (χ1) is 12.0. The van der Waals surface area contributed by atoms with Gasteiger partial charge in [0.05, 0.1) is 13.7 Å². The first kappa shape index (κ1) is 16.8. The minimum absolute atomic E-state index is 0.255. The Kier molecular flexibility index (Phi) is 4.57. The average Bonchev–Trinajstić information content (AvgIpc) is 2.84. The van der Waals surface area contributed by atoms with Crippen molar-refractivity contribution in [2.45, 2.75) is 20.4 Å². The van der Waals surface area contributed by atoms with Gasteiger partial charge in [0, 0.05) is 0 Å². The van der Waals surface area contributed by atoms with Gasteiger partial charge in [0.1, 0.15) is 11.4 Å². The van der Waals surface area contributed by atoms with Gasteiger partial charge in [-0.25, -0.2) is 4.79 Å². The lowest BCUT2D eigenvalue weighted by molar-refractivity contribution is -0.123. The highest BCUT2D eigenvalue weighted by Gasteiger charge is 2.33. The maximum atomic E-state index is 12.6. The van der Waals surface area contributed by atoms with Crippen molar-refractivity contribution >= 4 is 18.0 Å². The smallest absolute Gasteiger partial charge is 0.329 e. The molecule has 1 heterocycles. The van der Waals surface area contributed by atoms with E-state index in [1.54, 1.807) is 13.2 Å². The van der Waals surface area contributed by atoms with Gasteiger partial charge >= 0.3 is 6.03 Å². The number of hydrogen-bond acceptors (Lipinski definition) is 3. The summed E-state index contributed by atoms with van der Waals surface area (Å²) in [4.78, 5) is 26.0. The lowest BCUT2D eigenvalue weighted by Gasteiger charge is -2.12. The van der Waals surface area contributed by atoms with Gasteiger partial charge in [0.25, 0.3) is 5.91 Å². The Morgan fingerprint density at radius 2 is 1.92 bits per heavy atom. The number of benzene rings is 2. The number of imide groups is 1. The van der Waals surface area contributed by atoms with Crippen molar-refractivity contribution < 1.29 is 14.3 Å². The summed E-state index contributed by atoms with van der Waals surface area (Å²) in [5, 5.41) is 2.66. The molecule has 1 N–H and O–H groups in total. The van der Waals surface area contributed by atoms with Crippen LogP contribution in [0.3, 0.4) is 0 Å². The number of carbonyl (C=O) groups is 2. The van der Waals surface area contributed by atoms with Gasteiger partial charge in [-0.2, -0.15) is 0 Å². The van der Waals surface area contributed by atoms with Crippen LogP contribution in [-0.4, -0.2) is 23.9 Å². The van der Waals surface area contributed by atoms with Crippen molar-refractivity contribution in [3.05, 3.63) is 70.4 Å². The van der Waals surface area contributed by atoms with Crippen LogP contribution >= 0.6 is 0 Å². The predicted molar refractivity (Wildman–Crippen MR) is 96.0 cm³/mol. The summed E-state index contributed by atoms with van der Waals surface area (Å²) in [6.07, 6.45) is 1.70. The van der Waals surface area contributed by atoms with E-state index in [4.69, 9.17) is 4.74 Å². The molecule has 0 atom stereocenters. The molecule has 1 aliphatic heterocycles. The molecule has 128 valence electrons. The fraction of sp³-hybridized carbons (Fsp3) is 0.200. The van der Waals surface area contributed by atoms with Gasteiger partial charge < -0.3 is 10.1 Å². The Morgan fingerprint density at radius 1 is 1.12 bits per heavy atom. The van der Waals surface area contributed by atoms with Crippen molar-refractivity contribution in [2.75, 3.05) is 7.11 Å². The third kappa shape index (κ3) is 3.55. The van der Waals surface area contributed by atoms with Crippen molar-refractivity contribution in [1.29, 1.82) is 0 Å². The van der Waals surface area contributed by atoms with Crippen LogP contribution in [0.5, 0.6) is 5.75 Å². The minimum atomic E-state index is -0.399. The summed E-state index contributed by atoms with van der Waals surface area (Å²) >= 11 is 0. The summed E-state index contributed by atoms with van der Waals surface area (Å²) in [6.45, 7) is 4.17. The zero-order valence-electron chi connectivity index (χ0n) is 14.5. The topological polar surface area (TPSA) is 58.6 Å². The predicted octanol–water partition coefficient (Wildman–Crippen LogP) is 3.40. The summed E-state index contributed by atoms with van der Waals surface area (Å²) in [6, 6.07) is 12.9. The van der Waals surface area contributed by atoms with E-state index in [9.17, 15) is 9.59 Å². The van der Waals surface area contributed by atoms with Crippen LogP contribution < -0.4 is 10.1 Å². The number of rotatable bonds is 4. The molecule has 0 aromatic heterocycles. The van der Waals surface area contributed by atoms with E-state index in [2.05, 4.69) is 5.32 Å². The van der Waals surface area contributed by atoms with Crippen molar-refractivity contribution in [2.24, 2.45) is 0 Å². The molecule has 0 radical (unpaired) electrons. The highest BCUT2D eigenvalue weighted by molar-refractivity contribution is 6.13. The number of hydrogen-bond donors (Lipinski definition) is 1. The fourth-order valence-corrected chi connectivity index (χ4v) is 2.80. The summed E-state index contributed by atoms with van der Waals surface area (Å²) < 4.78 is 5.19. The molecule has 2 aromatic rings. The van der Waals surface area contributed by atoms with E-state index in [0.29, 0.717) is 0 Å².